The molecule has 1 fully saturated rings. The summed E-state index contributed by atoms with van der Waals surface area (Å²) in [5.41, 5.74) is 6.18. The van der Waals surface area contributed by atoms with Gasteiger partial charge in [-0.2, -0.15) is 9.64 Å². The lowest BCUT2D eigenvalue weighted by Crippen LogP contribution is -2.19. The molecule has 2 rings (SSSR count). The van der Waals surface area contributed by atoms with E-state index in [0.29, 0.717) is 23.2 Å². The lowest BCUT2D eigenvalue weighted by atomic mass is 10.0. The topological polar surface area (TPSA) is 65.9 Å². The van der Waals surface area contributed by atoms with Crippen molar-refractivity contribution in [3.8, 4) is 6.07 Å². The summed E-state index contributed by atoms with van der Waals surface area (Å²) in [5.74, 6) is 1.70. The van der Waals surface area contributed by atoms with E-state index in [1.54, 1.807) is 0 Å². The van der Waals surface area contributed by atoms with E-state index in [2.05, 4.69) is 29.2 Å². The second kappa shape index (κ2) is 3.70. The molecule has 1 saturated heterocycles. The molecule has 4 nitrogen and oxygen atoms in total. The van der Waals surface area contributed by atoms with Gasteiger partial charge in [0.1, 0.15) is 16.6 Å². The normalized spacial score (nSPS) is 25.5. The van der Waals surface area contributed by atoms with Crippen LogP contribution in [-0.2, 0) is 0 Å². The van der Waals surface area contributed by atoms with Crippen LogP contribution in [0.15, 0.2) is 0 Å². The summed E-state index contributed by atoms with van der Waals surface area (Å²) in [6.07, 6.45) is 0. The molecule has 0 aliphatic carbocycles. The molecular formula is C10H14N4S. The Hall–Kier alpha value is -1.28. The molecule has 1 aromatic heterocycles. The SMILES string of the molecule is CC1CN(c2snc(N)c2C#N)CC1C. The van der Waals surface area contributed by atoms with Gasteiger partial charge in [-0.05, 0) is 23.4 Å². The number of rotatable bonds is 1. The lowest BCUT2D eigenvalue weighted by Gasteiger charge is -2.15. The molecule has 1 aromatic rings. The van der Waals surface area contributed by atoms with Gasteiger partial charge in [-0.15, -0.1) is 0 Å². The largest absolute Gasteiger partial charge is 0.382 e. The van der Waals surface area contributed by atoms with E-state index in [1.165, 1.54) is 11.5 Å². The van der Waals surface area contributed by atoms with E-state index in [-0.39, 0.29) is 0 Å². The molecule has 5 heteroatoms. The van der Waals surface area contributed by atoms with Gasteiger partial charge in [0.25, 0.3) is 0 Å². The average molecular weight is 222 g/mol. The van der Waals surface area contributed by atoms with Crippen molar-refractivity contribution >= 4 is 22.4 Å². The van der Waals surface area contributed by atoms with E-state index < -0.39 is 0 Å². The first-order valence-corrected chi connectivity index (χ1v) is 5.81. The molecule has 0 saturated carbocycles. The fourth-order valence-corrected chi connectivity index (χ4v) is 2.69. The first kappa shape index (κ1) is 10.2. The average Bonchev–Trinajstić information content (AvgIpc) is 2.71. The Morgan fingerprint density at radius 1 is 1.47 bits per heavy atom. The molecule has 0 amide bonds. The van der Waals surface area contributed by atoms with Gasteiger partial charge in [-0.25, -0.2) is 0 Å². The van der Waals surface area contributed by atoms with Gasteiger partial charge in [-0.3, -0.25) is 0 Å². The highest BCUT2D eigenvalue weighted by atomic mass is 32.1. The van der Waals surface area contributed by atoms with Crippen LogP contribution >= 0.6 is 11.5 Å². The van der Waals surface area contributed by atoms with E-state index in [0.717, 1.165) is 18.1 Å². The van der Waals surface area contributed by atoms with Crippen LogP contribution in [0.25, 0.3) is 0 Å². The maximum atomic E-state index is 8.99. The Kier molecular flexibility index (Phi) is 2.53. The van der Waals surface area contributed by atoms with Crippen LogP contribution in [0.3, 0.4) is 0 Å². The number of nitrogen functional groups attached to an aromatic ring is 1. The Labute approximate surface area is 93.5 Å². The third-order valence-electron chi connectivity index (χ3n) is 3.09. The molecule has 0 spiro atoms. The van der Waals surface area contributed by atoms with E-state index in [4.69, 9.17) is 11.0 Å². The lowest BCUT2D eigenvalue weighted by molar-refractivity contribution is 0.494. The molecule has 2 heterocycles. The van der Waals surface area contributed by atoms with Gasteiger partial charge >= 0.3 is 0 Å². The van der Waals surface area contributed by atoms with Crippen molar-refractivity contribution in [1.82, 2.24) is 4.37 Å². The van der Waals surface area contributed by atoms with Gasteiger partial charge in [0, 0.05) is 13.1 Å². The molecule has 15 heavy (non-hydrogen) atoms. The zero-order chi connectivity index (χ0) is 11.0. The van der Waals surface area contributed by atoms with Gasteiger partial charge in [0.05, 0.1) is 0 Å². The maximum absolute atomic E-state index is 8.99. The molecule has 0 aromatic carbocycles. The Balaban J connectivity index is 2.28. The minimum atomic E-state index is 0.365. The van der Waals surface area contributed by atoms with Crippen molar-refractivity contribution in [3.63, 3.8) is 0 Å². The standard InChI is InChI=1S/C10H14N4S/c1-6-4-14(5-7(6)2)10-8(3-11)9(12)13-15-10/h6-7H,4-5H2,1-2H3,(H2,12,13). The number of hydrogen-bond donors (Lipinski definition) is 1. The summed E-state index contributed by atoms with van der Waals surface area (Å²) >= 11 is 1.33. The predicted octanol–water partition coefficient (Wildman–Crippen LogP) is 1.69. The highest BCUT2D eigenvalue weighted by Crippen LogP contribution is 2.35. The van der Waals surface area contributed by atoms with E-state index in [1.807, 2.05) is 0 Å². The molecule has 0 bridgehead atoms. The fourth-order valence-electron chi connectivity index (χ4n) is 1.91. The smallest absolute Gasteiger partial charge is 0.157 e. The zero-order valence-electron chi connectivity index (χ0n) is 8.90. The van der Waals surface area contributed by atoms with Crippen LogP contribution < -0.4 is 10.6 Å². The minimum Gasteiger partial charge on any atom is -0.382 e. The fraction of sp³-hybridized carbons (Fsp3) is 0.600. The van der Waals surface area contributed by atoms with Crippen molar-refractivity contribution in [3.05, 3.63) is 5.56 Å². The first-order chi connectivity index (χ1) is 7.13. The summed E-state index contributed by atoms with van der Waals surface area (Å²) in [6.45, 7) is 6.47. The summed E-state index contributed by atoms with van der Waals surface area (Å²) < 4.78 is 4.04. The summed E-state index contributed by atoms with van der Waals surface area (Å²) in [6, 6.07) is 2.13. The van der Waals surface area contributed by atoms with Crippen LogP contribution in [0.4, 0.5) is 10.8 Å². The van der Waals surface area contributed by atoms with Crippen LogP contribution in [0.1, 0.15) is 19.4 Å². The van der Waals surface area contributed by atoms with Gasteiger partial charge < -0.3 is 10.6 Å². The molecule has 1 aliphatic heterocycles. The summed E-state index contributed by atoms with van der Waals surface area (Å²) in [4.78, 5) is 2.22. The predicted molar refractivity (Wildman–Crippen MR) is 61.8 cm³/mol. The third kappa shape index (κ3) is 1.65. The van der Waals surface area contributed by atoms with Crippen molar-refractivity contribution in [2.45, 2.75) is 13.8 Å². The van der Waals surface area contributed by atoms with Crippen LogP contribution in [0.5, 0.6) is 0 Å². The van der Waals surface area contributed by atoms with Gasteiger partial charge in [0.2, 0.25) is 0 Å². The van der Waals surface area contributed by atoms with Gasteiger partial charge in [0.15, 0.2) is 5.82 Å². The second-order valence-electron chi connectivity index (χ2n) is 4.22. The summed E-state index contributed by atoms with van der Waals surface area (Å²) in [7, 11) is 0. The quantitative estimate of drug-likeness (QED) is 0.785. The molecule has 0 radical (unpaired) electrons. The third-order valence-corrected chi connectivity index (χ3v) is 4.01. The number of hydrogen-bond acceptors (Lipinski definition) is 5. The summed E-state index contributed by atoms with van der Waals surface area (Å²) in [5, 5.41) is 9.93. The number of nitriles is 1. The number of nitrogens with zero attached hydrogens (tertiary/aromatic N) is 3. The second-order valence-corrected chi connectivity index (χ2v) is 4.97. The minimum absolute atomic E-state index is 0.365. The van der Waals surface area contributed by atoms with Crippen molar-refractivity contribution in [1.29, 1.82) is 5.26 Å². The molecular weight excluding hydrogens is 208 g/mol. The van der Waals surface area contributed by atoms with Crippen molar-refractivity contribution in [2.24, 2.45) is 11.8 Å². The maximum Gasteiger partial charge on any atom is 0.157 e. The van der Waals surface area contributed by atoms with Crippen molar-refractivity contribution < 1.29 is 0 Å². The number of aromatic nitrogens is 1. The molecule has 1 aliphatic rings. The molecule has 80 valence electrons. The number of anilines is 2. The van der Waals surface area contributed by atoms with Crippen LogP contribution in [-0.4, -0.2) is 17.5 Å². The van der Waals surface area contributed by atoms with E-state index in [9.17, 15) is 0 Å². The molecule has 2 unspecified atom stereocenters. The highest BCUT2D eigenvalue weighted by molar-refractivity contribution is 7.10. The first-order valence-electron chi connectivity index (χ1n) is 5.03. The van der Waals surface area contributed by atoms with Crippen LogP contribution in [0, 0.1) is 23.2 Å². The van der Waals surface area contributed by atoms with Crippen LogP contribution in [0.2, 0.25) is 0 Å². The zero-order valence-corrected chi connectivity index (χ0v) is 9.71. The highest BCUT2D eigenvalue weighted by Gasteiger charge is 2.29. The Morgan fingerprint density at radius 2 is 2.07 bits per heavy atom. The van der Waals surface area contributed by atoms with Gasteiger partial charge in [-0.1, -0.05) is 13.8 Å². The van der Waals surface area contributed by atoms with E-state index >= 15 is 0 Å². The Bertz CT molecular complexity index is 396. The Morgan fingerprint density at radius 3 is 2.60 bits per heavy atom. The molecule has 2 atom stereocenters. The molecule has 2 N–H and O–H groups in total. The van der Waals surface area contributed by atoms with Crippen molar-refractivity contribution in [2.75, 3.05) is 23.7 Å². The monoisotopic (exact) mass is 222 g/mol. The number of nitrogens with two attached hydrogens (primary N) is 1.